The zero-order valence-electron chi connectivity index (χ0n) is 20.2. The molecule has 0 aromatic heterocycles. The Morgan fingerprint density at radius 3 is 2.23 bits per heavy atom. The second-order valence-corrected chi connectivity index (χ2v) is 11.3. The second-order valence-electron chi connectivity index (χ2n) is 9.56. The molecule has 3 aromatic carbocycles. The zero-order valence-corrected chi connectivity index (χ0v) is 21.0. The van der Waals surface area contributed by atoms with Gasteiger partial charge in [0.25, 0.3) is 0 Å². The number of nitrogens with one attached hydrogen (secondary N) is 1. The molecular formula is C28H32N2O4S. The van der Waals surface area contributed by atoms with Crippen molar-refractivity contribution in [2.45, 2.75) is 18.8 Å². The van der Waals surface area contributed by atoms with Gasteiger partial charge in [0.2, 0.25) is 10.0 Å². The highest BCUT2D eigenvalue weighted by Crippen LogP contribution is 2.65. The molecule has 2 fully saturated rings. The van der Waals surface area contributed by atoms with Crippen molar-refractivity contribution in [3.63, 3.8) is 0 Å². The Hall–Kier alpha value is -3.03. The molecule has 2 unspecified atom stereocenters. The molecular weight excluding hydrogens is 460 g/mol. The fourth-order valence-corrected chi connectivity index (χ4v) is 6.32. The van der Waals surface area contributed by atoms with Crippen LogP contribution < -0.4 is 14.2 Å². The topological polar surface area (TPSA) is 67.9 Å². The fraction of sp³-hybridized carbons (Fsp3) is 0.357. The van der Waals surface area contributed by atoms with Gasteiger partial charge in [0.1, 0.15) is 23.9 Å². The number of hydrogen-bond acceptors (Lipinski definition) is 5. The number of likely N-dealkylation sites (tertiary alicyclic amines) is 1. The van der Waals surface area contributed by atoms with Gasteiger partial charge in [-0.25, -0.2) is 8.42 Å². The summed E-state index contributed by atoms with van der Waals surface area (Å²) in [6, 6.07) is 25.4. The molecule has 1 N–H and O–H groups in total. The van der Waals surface area contributed by atoms with Crippen LogP contribution in [0.3, 0.4) is 0 Å². The average Bonchev–Trinajstić information content (AvgIpc) is 3.22. The van der Waals surface area contributed by atoms with E-state index in [0.717, 1.165) is 43.3 Å². The number of ether oxygens (including phenoxy) is 2. The van der Waals surface area contributed by atoms with Crippen molar-refractivity contribution in [1.29, 1.82) is 0 Å². The predicted octanol–water partition coefficient (Wildman–Crippen LogP) is 5.14. The van der Waals surface area contributed by atoms with Crippen LogP contribution in [0, 0.1) is 11.8 Å². The summed E-state index contributed by atoms with van der Waals surface area (Å²) in [5, 5.41) is 0. The van der Waals surface area contributed by atoms with Crippen LogP contribution in [0.5, 0.6) is 17.2 Å². The van der Waals surface area contributed by atoms with Crippen LogP contribution in [0.15, 0.2) is 78.9 Å². The predicted molar refractivity (Wildman–Crippen MR) is 139 cm³/mol. The normalized spacial score (nSPS) is 23.5. The van der Waals surface area contributed by atoms with E-state index in [2.05, 4.69) is 22.6 Å². The van der Waals surface area contributed by atoms with Crippen molar-refractivity contribution in [2.24, 2.45) is 11.8 Å². The summed E-state index contributed by atoms with van der Waals surface area (Å²) >= 11 is 0. The van der Waals surface area contributed by atoms with E-state index in [-0.39, 0.29) is 5.41 Å². The van der Waals surface area contributed by atoms with E-state index < -0.39 is 10.0 Å². The Bertz CT molecular complexity index is 1250. The number of hydrogen-bond donors (Lipinski definition) is 1. The minimum Gasteiger partial charge on any atom is -0.492 e. The molecule has 1 saturated carbocycles. The highest BCUT2D eigenvalue weighted by molar-refractivity contribution is 7.92. The van der Waals surface area contributed by atoms with Gasteiger partial charge >= 0.3 is 0 Å². The van der Waals surface area contributed by atoms with Crippen LogP contribution in [0.1, 0.15) is 18.9 Å². The van der Waals surface area contributed by atoms with Crippen LogP contribution in [-0.4, -0.2) is 45.8 Å². The lowest BCUT2D eigenvalue weighted by Crippen LogP contribution is -2.33. The Morgan fingerprint density at radius 2 is 1.57 bits per heavy atom. The van der Waals surface area contributed by atoms with E-state index in [1.54, 1.807) is 0 Å². The van der Waals surface area contributed by atoms with Gasteiger partial charge in [0.05, 0.1) is 6.26 Å². The first-order valence-corrected chi connectivity index (χ1v) is 14.0. The highest BCUT2D eigenvalue weighted by Gasteiger charge is 2.67. The highest BCUT2D eigenvalue weighted by atomic mass is 32.2. The molecule has 0 amide bonds. The number of anilines is 1. The molecule has 1 saturated heterocycles. The van der Waals surface area contributed by atoms with E-state index in [9.17, 15) is 8.42 Å². The summed E-state index contributed by atoms with van der Waals surface area (Å²) < 4.78 is 37.7. The number of piperidine rings is 1. The van der Waals surface area contributed by atoms with Crippen molar-refractivity contribution in [1.82, 2.24) is 4.90 Å². The summed E-state index contributed by atoms with van der Waals surface area (Å²) in [7, 11) is -3.28. The van der Waals surface area contributed by atoms with Crippen molar-refractivity contribution in [2.75, 3.05) is 37.2 Å². The molecule has 2 aliphatic rings. The molecule has 35 heavy (non-hydrogen) atoms. The summed E-state index contributed by atoms with van der Waals surface area (Å²) in [5.74, 6) is 3.66. The van der Waals surface area contributed by atoms with Crippen LogP contribution in [0.4, 0.5) is 5.69 Å². The van der Waals surface area contributed by atoms with E-state index in [1.165, 1.54) is 11.8 Å². The molecule has 3 aromatic rings. The van der Waals surface area contributed by atoms with Gasteiger partial charge in [-0.05, 0) is 72.4 Å². The standard InChI is InChI=1S/C28H32N2O4S/c1-3-28(21-8-7-9-22(18-21)29-35(2,31)32)26-19-30(20-27(26)28)16-17-33-23-12-14-25(15-13-23)34-24-10-5-4-6-11-24/h4-15,18,26-27,29H,3,16-17,19-20H2,1-2H3. The largest absolute Gasteiger partial charge is 0.492 e. The SMILES string of the molecule is CCC1(c2cccc(NS(C)(=O)=O)c2)C2CN(CCOc3ccc(Oc4ccccc4)cc3)CC21. The van der Waals surface area contributed by atoms with Crippen molar-refractivity contribution in [3.8, 4) is 17.2 Å². The number of rotatable bonds is 10. The van der Waals surface area contributed by atoms with Crippen LogP contribution in [-0.2, 0) is 15.4 Å². The summed E-state index contributed by atoms with van der Waals surface area (Å²) in [6.07, 6.45) is 2.25. The molecule has 1 heterocycles. The van der Waals surface area contributed by atoms with Gasteiger partial charge in [0.15, 0.2) is 0 Å². The minimum atomic E-state index is -3.28. The number of para-hydroxylation sites is 1. The molecule has 1 aliphatic heterocycles. The summed E-state index contributed by atoms with van der Waals surface area (Å²) in [5.41, 5.74) is 2.05. The monoisotopic (exact) mass is 492 g/mol. The lowest BCUT2D eigenvalue weighted by Gasteiger charge is -2.26. The third-order valence-corrected chi connectivity index (χ3v) is 7.98. The van der Waals surface area contributed by atoms with Gasteiger partial charge in [-0.1, -0.05) is 37.3 Å². The van der Waals surface area contributed by atoms with Crippen molar-refractivity contribution >= 4 is 15.7 Å². The third-order valence-electron chi connectivity index (χ3n) is 7.38. The number of sulfonamides is 1. The van der Waals surface area contributed by atoms with E-state index >= 15 is 0 Å². The van der Waals surface area contributed by atoms with E-state index in [1.807, 2.05) is 72.8 Å². The second kappa shape index (κ2) is 9.55. The Labute approximate surface area is 207 Å². The Morgan fingerprint density at radius 1 is 0.914 bits per heavy atom. The first kappa shape index (κ1) is 23.7. The van der Waals surface area contributed by atoms with E-state index in [4.69, 9.17) is 9.47 Å². The summed E-state index contributed by atoms with van der Waals surface area (Å²) in [6.45, 7) is 5.88. The van der Waals surface area contributed by atoms with Gasteiger partial charge in [-0.3, -0.25) is 9.62 Å². The molecule has 0 bridgehead atoms. The first-order chi connectivity index (χ1) is 16.9. The smallest absolute Gasteiger partial charge is 0.229 e. The van der Waals surface area contributed by atoms with Crippen LogP contribution >= 0.6 is 0 Å². The lowest BCUT2D eigenvalue weighted by atomic mass is 9.87. The maximum atomic E-state index is 11.6. The van der Waals surface area contributed by atoms with Gasteiger partial charge < -0.3 is 9.47 Å². The Kier molecular flexibility index (Phi) is 6.47. The molecule has 184 valence electrons. The average molecular weight is 493 g/mol. The van der Waals surface area contributed by atoms with Crippen molar-refractivity contribution < 1.29 is 17.9 Å². The minimum absolute atomic E-state index is 0.154. The maximum absolute atomic E-state index is 11.6. The summed E-state index contributed by atoms with van der Waals surface area (Å²) in [4.78, 5) is 2.48. The zero-order chi connectivity index (χ0) is 24.5. The van der Waals surface area contributed by atoms with Crippen LogP contribution in [0.25, 0.3) is 0 Å². The first-order valence-electron chi connectivity index (χ1n) is 12.1. The number of nitrogens with zero attached hydrogens (tertiary/aromatic N) is 1. The fourth-order valence-electron chi connectivity index (χ4n) is 5.76. The van der Waals surface area contributed by atoms with Gasteiger partial charge in [-0.2, -0.15) is 0 Å². The Balaban J connectivity index is 1.11. The molecule has 5 rings (SSSR count). The van der Waals surface area contributed by atoms with Crippen molar-refractivity contribution in [3.05, 3.63) is 84.4 Å². The molecule has 7 heteroatoms. The van der Waals surface area contributed by atoms with E-state index in [0.29, 0.717) is 24.1 Å². The molecule has 1 aliphatic carbocycles. The molecule has 0 radical (unpaired) electrons. The molecule has 6 nitrogen and oxygen atoms in total. The lowest BCUT2D eigenvalue weighted by molar-refractivity contribution is 0.209. The van der Waals surface area contributed by atoms with Gasteiger partial charge in [-0.15, -0.1) is 0 Å². The van der Waals surface area contributed by atoms with Crippen LogP contribution in [0.2, 0.25) is 0 Å². The number of fused-ring (bicyclic) bond motifs is 1. The number of benzene rings is 3. The maximum Gasteiger partial charge on any atom is 0.229 e. The molecule has 0 spiro atoms. The third kappa shape index (κ3) is 5.16. The quantitative estimate of drug-likeness (QED) is 0.425. The van der Waals surface area contributed by atoms with Gasteiger partial charge in [0, 0.05) is 30.7 Å². The molecule has 2 atom stereocenters.